The van der Waals surface area contributed by atoms with Crippen molar-refractivity contribution in [3.8, 4) is 0 Å². The van der Waals surface area contributed by atoms with Crippen molar-refractivity contribution in [3.63, 3.8) is 0 Å². The third-order valence-electron chi connectivity index (χ3n) is 3.10. The van der Waals surface area contributed by atoms with Crippen LogP contribution in [0.1, 0.15) is 40.5 Å². The highest BCUT2D eigenvalue weighted by Crippen LogP contribution is 2.20. The van der Waals surface area contributed by atoms with Crippen LogP contribution in [0, 0.1) is 5.41 Å². The molecule has 0 aliphatic carbocycles. The first-order valence-corrected chi connectivity index (χ1v) is 6.84. The number of carbonyl (C=O) groups is 4. The largest absolute Gasteiger partial charge is 0.346 e. The maximum absolute atomic E-state index is 11.9. The van der Waals surface area contributed by atoms with Gasteiger partial charge in [0.15, 0.2) is 5.78 Å². The molecule has 0 radical (unpaired) electrons. The third-order valence-corrected chi connectivity index (χ3v) is 3.10. The van der Waals surface area contributed by atoms with Crippen LogP contribution in [0.3, 0.4) is 0 Å². The van der Waals surface area contributed by atoms with Gasteiger partial charge in [-0.15, -0.1) is 0 Å². The number of amides is 3. The van der Waals surface area contributed by atoms with E-state index in [4.69, 9.17) is 0 Å². The number of rotatable bonds is 8. The molecule has 0 aromatic carbocycles. The molecule has 7 nitrogen and oxygen atoms in total. The second kappa shape index (κ2) is 8.51. The summed E-state index contributed by atoms with van der Waals surface area (Å²) >= 11 is 0. The Morgan fingerprint density at radius 3 is 2.14 bits per heavy atom. The first-order chi connectivity index (χ1) is 9.63. The molecule has 2 unspecified atom stereocenters. The van der Waals surface area contributed by atoms with Crippen molar-refractivity contribution >= 4 is 24.0 Å². The van der Waals surface area contributed by atoms with Gasteiger partial charge in [-0.05, 0) is 25.8 Å². The molecule has 21 heavy (non-hydrogen) atoms. The number of likely N-dealkylation sites (N-methyl/N-ethyl adjacent to an activating group) is 1. The van der Waals surface area contributed by atoms with E-state index in [1.807, 2.05) is 26.1 Å². The lowest BCUT2D eigenvalue weighted by molar-refractivity contribution is -0.130. The molecule has 2 atom stereocenters. The maximum atomic E-state index is 11.9. The topological polar surface area (TPSA) is 104 Å². The fourth-order valence-corrected chi connectivity index (χ4v) is 2.00. The predicted octanol–water partition coefficient (Wildman–Crippen LogP) is -0.253. The van der Waals surface area contributed by atoms with Gasteiger partial charge in [0.1, 0.15) is 0 Å². The fraction of sp³-hybridized carbons (Fsp3) is 0.714. The summed E-state index contributed by atoms with van der Waals surface area (Å²) in [5, 5.41) is 7.46. The summed E-state index contributed by atoms with van der Waals surface area (Å²) in [6, 6.07) is -1.20. The number of nitrogens with one attached hydrogen (secondary N) is 3. The van der Waals surface area contributed by atoms with Crippen LogP contribution in [0.15, 0.2) is 0 Å². The van der Waals surface area contributed by atoms with Gasteiger partial charge in [0.05, 0.1) is 12.1 Å². The molecule has 3 N–H and O–H groups in total. The van der Waals surface area contributed by atoms with Crippen molar-refractivity contribution in [3.05, 3.63) is 0 Å². The summed E-state index contributed by atoms with van der Waals surface area (Å²) in [5.41, 5.74) is -0.376. The number of carbonyl (C=O) groups excluding carboxylic acids is 4. The van der Waals surface area contributed by atoms with Crippen LogP contribution in [0.5, 0.6) is 0 Å². The lowest BCUT2D eigenvalue weighted by Gasteiger charge is -2.29. The molecule has 0 aliphatic heterocycles. The molecule has 0 aromatic heterocycles. The van der Waals surface area contributed by atoms with E-state index >= 15 is 0 Å². The molecule has 0 rings (SSSR count). The highest BCUT2D eigenvalue weighted by molar-refractivity contribution is 5.91. The van der Waals surface area contributed by atoms with Crippen molar-refractivity contribution in [1.82, 2.24) is 16.0 Å². The van der Waals surface area contributed by atoms with E-state index in [1.54, 1.807) is 7.05 Å². The molecule has 0 heterocycles. The minimum Gasteiger partial charge on any atom is -0.346 e. The number of imide groups is 1. The van der Waals surface area contributed by atoms with Gasteiger partial charge in [-0.2, -0.15) is 0 Å². The molecular formula is C14H25N3O4. The van der Waals surface area contributed by atoms with Gasteiger partial charge in [0.25, 0.3) is 0 Å². The zero-order valence-corrected chi connectivity index (χ0v) is 13.3. The molecule has 0 fully saturated rings. The first-order valence-electron chi connectivity index (χ1n) is 6.84. The van der Waals surface area contributed by atoms with Gasteiger partial charge < -0.3 is 10.6 Å². The Hall–Kier alpha value is -1.76. The van der Waals surface area contributed by atoms with E-state index in [2.05, 4.69) is 10.6 Å². The van der Waals surface area contributed by atoms with Gasteiger partial charge in [0.2, 0.25) is 18.2 Å². The van der Waals surface area contributed by atoms with E-state index in [1.165, 1.54) is 6.92 Å². The van der Waals surface area contributed by atoms with Crippen LogP contribution >= 0.6 is 0 Å². The third kappa shape index (κ3) is 6.99. The van der Waals surface area contributed by atoms with Crippen LogP contribution < -0.4 is 16.0 Å². The Morgan fingerprint density at radius 1 is 1.19 bits per heavy atom. The molecule has 3 amide bonds. The average molecular weight is 299 g/mol. The van der Waals surface area contributed by atoms with Crippen LogP contribution in [-0.2, 0) is 19.2 Å². The summed E-state index contributed by atoms with van der Waals surface area (Å²) in [6.07, 6.45) is 0.618. The summed E-state index contributed by atoms with van der Waals surface area (Å²) < 4.78 is 0. The SMILES string of the molecule is CNC(CCC(=O)NC(C(C)=O)C(C)(C)C)C(=O)NC=O. The van der Waals surface area contributed by atoms with E-state index in [0.717, 1.165) is 0 Å². The van der Waals surface area contributed by atoms with Crippen molar-refractivity contribution in [2.24, 2.45) is 5.41 Å². The summed E-state index contributed by atoms with van der Waals surface area (Å²) in [4.78, 5) is 45.2. The normalized spacial score (nSPS) is 14.0. The Labute approximate surface area is 125 Å². The molecule has 0 aromatic rings. The zero-order valence-electron chi connectivity index (χ0n) is 13.3. The van der Waals surface area contributed by atoms with Crippen LogP contribution in [0.4, 0.5) is 0 Å². The van der Waals surface area contributed by atoms with Crippen LogP contribution in [0.25, 0.3) is 0 Å². The molecule has 0 saturated heterocycles. The average Bonchev–Trinajstić information content (AvgIpc) is 2.35. The van der Waals surface area contributed by atoms with E-state index < -0.39 is 18.0 Å². The summed E-state index contributed by atoms with van der Waals surface area (Å²) in [7, 11) is 1.57. The number of Topliss-reactive ketones (excluding diaryl/α,β-unsaturated/α-hetero) is 1. The quantitative estimate of drug-likeness (QED) is 0.536. The standard InChI is InChI=1S/C14H25N3O4/c1-9(19)12(14(2,3)4)17-11(20)7-6-10(15-5)13(21)16-8-18/h8,10,12,15H,6-7H2,1-5H3,(H,17,20)(H,16,18,21). The van der Waals surface area contributed by atoms with Gasteiger partial charge in [0, 0.05) is 6.42 Å². The number of ketones is 1. The second-order valence-electron chi connectivity index (χ2n) is 5.98. The van der Waals surface area contributed by atoms with Gasteiger partial charge in [-0.1, -0.05) is 20.8 Å². The minimum atomic E-state index is -0.633. The smallest absolute Gasteiger partial charge is 0.243 e. The predicted molar refractivity (Wildman–Crippen MR) is 78.4 cm³/mol. The van der Waals surface area contributed by atoms with Crippen molar-refractivity contribution < 1.29 is 19.2 Å². The second-order valence-corrected chi connectivity index (χ2v) is 5.98. The van der Waals surface area contributed by atoms with Gasteiger partial charge in [-0.3, -0.25) is 24.5 Å². The van der Waals surface area contributed by atoms with E-state index in [9.17, 15) is 19.2 Å². The van der Waals surface area contributed by atoms with Crippen LogP contribution in [-0.4, -0.2) is 43.1 Å². The highest BCUT2D eigenvalue weighted by atomic mass is 16.2. The number of hydrogen-bond acceptors (Lipinski definition) is 5. The van der Waals surface area contributed by atoms with Crippen LogP contribution in [0.2, 0.25) is 0 Å². The Bertz CT molecular complexity index is 402. The van der Waals surface area contributed by atoms with E-state index in [-0.39, 0.29) is 29.9 Å². The lowest BCUT2D eigenvalue weighted by Crippen LogP contribution is -2.49. The fourth-order valence-electron chi connectivity index (χ4n) is 2.00. The summed E-state index contributed by atoms with van der Waals surface area (Å²) in [5.74, 6) is -0.900. The Morgan fingerprint density at radius 2 is 1.76 bits per heavy atom. The highest BCUT2D eigenvalue weighted by Gasteiger charge is 2.30. The lowest BCUT2D eigenvalue weighted by atomic mass is 9.84. The maximum Gasteiger partial charge on any atom is 0.243 e. The summed E-state index contributed by atoms with van der Waals surface area (Å²) in [6.45, 7) is 7.04. The van der Waals surface area contributed by atoms with Gasteiger partial charge in [-0.25, -0.2) is 0 Å². The molecule has 7 heteroatoms. The van der Waals surface area contributed by atoms with Gasteiger partial charge >= 0.3 is 0 Å². The number of hydrogen-bond donors (Lipinski definition) is 3. The van der Waals surface area contributed by atoms with Crippen molar-refractivity contribution in [2.75, 3.05) is 7.05 Å². The molecule has 0 saturated carbocycles. The van der Waals surface area contributed by atoms with E-state index in [0.29, 0.717) is 6.41 Å². The minimum absolute atomic E-state index is 0.0810. The zero-order chi connectivity index (χ0) is 16.6. The van der Waals surface area contributed by atoms with Crippen molar-refractivity contribution in [1.29, 1.82) is 0 Å². The molecule has 0 bridgehead atoms. The Balaban J connectivity index is 4.52. The molecular weight excluding hydrogens is 274 g/mol. The molecule has 120 valence electrons. The molecule has 0 spiro atoms. The molecule has 0 aliphatic rings. The van der Waals surface area contributed by atoms with Crippen molar-refractivity contribution in [2.45, 2.75) is 52.6 Å². The first kappa shape index (κ1) is 19.2. The monoisotopic (exact) mass is 299 g/mol. The Kier molecular flexibility index (Phi) is 7.80.